The largest absolute Gasteiger partial charge is 0.377 e. The smallest absolute Gasteiger partial charge is 0.227 e. The molecule has 0 saturated heterocycles. The van der Waals surface area contributed by atoms with Crippen molar-refractivity contribution in [3.63, 3.8) is 0 Å². The van der Waals surface area contributed by atoms with Gasteiger partial charge < -0.3 is 10.4 Å². The molecule has 3 N–H and O–H groups in total. The monoisotopic (exact) mass is 368 g/mol. The molecule has 0 aliphatic carbocycles. The molecule has 8 heteroatoms. The molecule has 6 nitrogen and oxygen atoms in total. The zero-order valence-electron chi connectivity index (χ0n) is 11.0. The van der Waals surface area contributed by atoms with Gasteiger partial charge in [0.15, 0.2) is 0 Å². The van der Waals surface area contributed by atoms with E-state index in [4.69, 9.17) is 5.26 Å². The van der Waals surface area contributed by atoms with E-state index in [1.807, 2.05) is 24.3 Å². The minimum Gasteiger partial charge on any atom is -0.377 e. The second-order valence-corrected chi connectivity index (χ2v) is 6.29. The molecule has 0 saturated carbocycles. The number of aromatic nitrogens is 1. The van der Waals surface area contributed by atoms with Crippen LogP contribution in [-0.4, -0.2) is 35.3 Å². The lowest BCUT2D eigenvalue weighted by Crippen LogP contribution is -2.41. The Morgan fingerprint density at radius 1 is 1.57 bits per heavy atom. The van der Waals surface area contributed by atoms with Crippen LogP contribution in [0.5, 0.6) is 0 Å². The molecule has 1 atom stereocenters. The van der Waals surface area contributed by atoms with Crippen molar-refractivity contribution in [2.75, 3.05) is 13.1 Å². The van der Waals surface area contributed by atoms with Crippen LogP contribution in [0, 0.1) is 11.3 Å². The fraction of sp³-hybridized carbons (Fsp3) is 0.308. The Labute approximate surface area is 133 Å². The highest BCUT2D eigenvalue weighted by molar-refractivity contribution is 9.10. The lowest BCUT2D eigenvalue weighted by Gasteiger charge is -2.10. The van der Waals surface area contributed by atoms with E-state index in [1.165, 1.54) is 11.3 Å². The van der Waals surface area contributed by atoms with E-state index in [0.29, 0.717) is 0 Å². The van der Waals surface area contributed by atoms with E-state index in [0.717, 1.165) is 19.7 Å². The number of thiazole rings is 1. The molecule has 0 bridgehead atoms. The quantitative estimate of drug-likeness (QED) is 0.524. The molecule has 1 amide bonds. The number of halogens is 1. The normalized spacial score (nSPS) is 12.0. The van der Waals surface area contributed by atoms with E-state index >= 15 is 0 Å². The summed E-state index contributed by atoms with van der Waals surface area (Å²) in [6.07, 6.45) is -0.762. The molecule has 2 aromatic rings. The molecule has 0 fully saturated rings. The molecule has 1 heterocycles. The van der Waals surface area contributed by atoms with Crippen LogP contribution in [0.1, 0.15) is 5.01 Å². The maximum atomic E-state index is 11.8. The molecular weight excluding hydrogens is 356 g/mol. The van der Waals surface area contributed by atoms with Crippen molar-refractivity contribution in [1.82, 2.24) is 15.6 Å². The summed E-state index contributed by atoms with van der Waals surface area (Å²) in [6, 6.07) is 7.61. The summed E-state index contributed by atoms with van der Waals surface area (Å²) >= 11 is 4.86. The van der Waals surface area contributed by atoms with Crippen LogP contribution in [0.2, 0.25) is 0 Å². The van der Waals surface area contributed by atoms with Crippen LogP contribution in [0.3, 0.4) is 0 Å². The number of amides is 1. The van der Waals surface area contributed by atoms with Crippen LogP contribution in [-0.2, 0) is 11.2 Å². The summed E-state index contributed by atoms with van der Waals surface area (Å²) in [6.45, 7) is 0.0841. The summed E-state index contributed by atoms with van der Waals surface area (Å²) in [7, 11) is 0. The van der Waals surface area contributed by atoms with Gasteiger partial charge in [-0.05, 0) is 18.2 Å². The van der Waals surface area contributed by atoms with Gasteiger partial charge >= 0.3 is 0 Å². The first-order valence-corrected chi connectivity index (χ1v) is 7.79. The standard InChI is InChI=1S/C13H13BrN4O2S/c14-8-1-2-9-10(5-8)21-13(18-9)6-11(19)17-7-12(20)16-4-3-15/h1-2,5,12,16,20H,4,6-7H2,(H,17,19). The van der Waals surface area contributed by atoms with Crippen LogP contribution < -0.4 is 10.6 Å². The molecule has 0 aliphatic heterocycles. The molecule has 2 rings (SSSR count). The van der Waals surface area contributed by atoms with Crippen LogP contribution in [0.25, 0.3) is 10.2 Å². The number of nitrogens with zero attached hydrogens (tertiary/aromatic N) is 2. The first-order chi connectivity index (χ1) is 10.1. The average molecular weight is 369 g/mol. The Hall–Kier alpha value is -1.53. The fourth-order valence-electron chi connectivity index (χ4n) is 1.67. The number of aliphatic hydroxyl groups excluding tert-OH is 1. The van der Waals surface area contributed by atoms with Crippen LogP contribution in [0.15, 0.2) is 22.7 Å². The molecule has 1 aromatic carbocycles. The maximum absolute atomic E-state index is 11.8. The molecule has 1 aromatic heterocycles. The molecular formula is C13H13BrN4O2S. The van der Waals surface area contributed by atoms with Crippen LogP contribution >= 0.6 is 27.3 Å². The van der Waals surface area contributed by atoms with E-state index in [9.17, 15) is 9.90 Å². The Morgan fingerprint density at radius 2 is 2.38 bits per heavy atom. The van der Waals surface area contributed by atoms with Gasteiger partial charge in [-0.2, -0.15) is 5.26 Å². The van der Waals surface area contributed by atoms with Gasteiger partial charge in [0.2, 0.25) is 5.91 Å². The number of carbonyl (C=O) groups is 1. The molecule has 21 heavy (non-hydrogen) atoms. The second-order valence-electron chi connectivity index (χ2n) is 4.26. The minimum atomic E-state index is -0.931. The lowest BCUT2D eigenvalue weighted by molar-refractivity contribution is -0.121. The fourth-order valence-corrected chi connectivity index (χ4v) is 3.19. The number of carbonyl (C=O) groups excluding carboxylic acids is 1. The second kappa shape index (κ2) is 7.47. The summed E-state index contributed by atoms with van der Waals surface area (Å²) in [5.74, 6) is -0.217. The number of aliphatic hydroxyl groups is 1. The third-order valence-electron chi connectivity index (χ3n) is 2.62. The third-order valence-corrected chi connectivity index (χ3v) is 4.13. The first-order valence-electron chi connectivity index (χ1n) is 6.18. The zero-order valence-corrected chi connectivity index (χ0v) is 13.4. The summed E-state index contributed by atoms with van der Waals surface area (Å²) in [4.78, 5) is 16.2. The van der Waals surface area contributed by atoms with Gasteiger partial charge in [0.05, 0.1) is 35.8 Å². The molecule has 110 valence electrons. The number of fused-ring (bicyclic) bond motifs is 1. The van der Waals surface area contributed by atoms with Crippen molar-refractivity contribution in [1.29, 1.82) is 5.26 Å². The van der Waals surface area contributed by atoms with Crippen LogP contribution in [0.4, 0.5) is 0 Å². The Morgan fingerprint density at radius 3 is 3.14 bits per heavy atom. The predicted molar refractivity (Wildman–Crippen MR) is 83.7 cm³/mol. The predicted octanol–water partition coefficient (Wildman–Crippen LogP) is 1.15. The van der Waals surface area contributed by atoms with Crippen molar-refractivity contribution in [3.05, 3.63) is 27.7 Å². The molecule has 1 unspecified atom stereocenters. The van der Waals surface area contributed by atoms with Gasteiger partial charge in [-0.25, -0.2) is 4.98 Å². The minimum absolute atomic E-state index is 0.0315. The highest BCUT2D eigenvalue weighted by Crippen LogP contribution is 2.25. The van der Waals surface area contributed by atoms with E-state index < -0.39 is 6.23 Å². The van der Waals surface area contributed by atoms with Gasteiger partial charge in [0.25, 0.3) is 0 Å². The van der Waals surface area contributed by atoms with Crippen molar-refractivity contribution in [2.24, 2.45) is 0 Å². The number of nitriles is 1. The Bertz CT molecular complexity index is 682. The highest BCUT2D eigenvalue weighted by atomic mass is 79.9. The lowest BCUT2D eigenvalue weighted by atomic mass is 10.3. The number of rotatable bonds is 6. The summed E-state index contributed by atoms with van der Waals surface area (Å²) in [5.41, 5.74) is 0.863. The molecule has 0 spiro atoms. The third kappa shape index (κ3) is 4.75. The SMILES string of the molecule is N#CCNC(O)CNC(=O)Cc1nc2ccc(Br)cc2s1. The summed E-state index contributed by atoms with van der Waals surface area (Å²) < 4.78 is 1.99. The van der Waals surface area contributed by atoms with Gasteiger partial charge in [-0.15, -0.1) is 11.3 Å². The highest BCUT2D eigenvalue weighted by Gasteiger charge is 2.10. The Balaban J connectivity index is 1.88. The van der Waals surface area contributed by atoms with Crippen molar-refractivity contribution in [2.45, 2.75) is 12.6 Å². The average Bonchev–Trinajstić information content (AvgIpc) is 2.84. The van der Waals surface area contributed by atoms with E-state index in [1.54, 1.807) is 0 Å². The van der Waals surface area contributed by atoms with Gasteiger partial charge in [-0.3, -0.25) is 10.1 Å². The topological polar surface area (TPSA) is 98.0 Å². The van der Waals surface area contributed by atoms with Crippen molar-refractivity contribution < 1.29 is 9.90 Å². The van der Waals surface area contributed by atoms with Gasteiger partial charge in [0, 0.05) is 4.47 Å². The number of hydrogen-bond donors (Lipinski definition) is 3. The number of benzene rings is 1. The molecule has 0 aliphatic rings. The van der Waals surface area contributed by atoms with E-state index in [2.05, 4.69) is 31.5 Å². The maximum Gasteiger partial charge on any atom is 0.227 e. The van der Waals surface area contributed by atoms with Gasteiger partial charge in [-0.1, -0.05) is 15.9 Å². The summed E-state index contributed by atoms with van der Waals surface area (Å²) in [5, 5.41) is 23.7. The number of hydrogen-bond acceptors (Lipinski definition) is 6. The van der Waals surface area contributed by atoms with Gasteiger partial charge in [0.1, 0.15) is 11.2 Å². The van der Waals surface area contributed by atoms with E-state index in [-0.39, 0.29) is 25.4 Å². The van der Waals surface area contributed by atoms with Crippen molar-refractivity contribution >= 4 is 43.4 Å². The molecule has 0 radical (unpaired) electrons. The number of nitrogens with one attached hydrogen (secondary N) is 2. The zero-order chi connectivity index (χ0) is 15.2. The Kier molecular flexibility index (Phi) is 5.64. The first kappa shape index (κ1) is 15.9. The van der Waals surface area contributed by atoms with Crippen molar-refractivity contribution in [3.8, 4) is 6.07 Å².